The van der Waals surface area contributed by atoms with E-state index < -0.39 is 0 Å². The predicted octanol–water partition coefficient (Wildman–Crippen LogP) is 3.59. The normalized spacial score (nSPS) is 11.2. The number of rotatable bonds is 7. The Morgan fingerprint density at radius 1 is 1.17 bits per heavy atom. The van der Waals surface area contributed by atoms with E-state index in [1.165, 1.54) is 42.1 Å². The summed E-state index contributed by atoms with van der Waals surface area (Å²) in [5.41, 5.74) is 2.89. The van der Waals surface area contributed by atoms with Crippen LogP contribution in [0.5, 0.6) is 0 Å². The number of para-hydroxylation sites is 1. The van der Waals surface area contributed by atoms with Crippen LogP contribution in [0, 0.1) is 0 Å². The Labute approximate surface area is 110 Å². The Bertz CT molecular complexity index is 485. The first-order valence-corrected chi connectivity index (χ1v) is 7.08. The van der Waals surface area contributed by atoms with Crippen molar-refractivity contribution in [3.05, 3.63) is 36.0 Å². The van der Waals surface area contributed by atoms with Crippen molar-refractivity contribution < 1.29 is 0 Å². The molecule has 0 atom stereocenters. The molecule has 0 radical (unpaired) electrons. The van der Waals surface area contributed by atoms with Crippen LogP contribution >= 0.6 is 0 Å². The first kappa shape index (κ1) is 13.2. The fraction of sp³-hybridized carbons (Fsp3) is 0.500. The number of fused-ring (bicyclic) bond motifs is 1. The van der Waals surface area contributed by atoms with E-state index in [1.54, 1.807) is 0 Å². The second-order valence-electron chi connectivity index (χ2n) is 4.93. The van der Waals surface area contributed by atoms with Gasteiger partial charge in [-0.25, -0.2) is 0 Å². The Morgan fingerprint density at radius 2 is 2.00 bits per heavy atom. The lowest BCUT2D eigenvalue weighted by Crippen LogP contribution is -2.08. The molecule has 1 N–H and O–H groups in total. The second kappa shape index (κ2) is 6.60. The first-order valence-electron chi connectivity index (χ1n) is 7.08. The van der Waals surface area contributed by atoms with Crippen molar-refractivity contribution in [3.63, 3.8) is 0 Å². The van der Waals surface area contributed by atoms with Gasteiger partial charge in [0.2, 0.25) is 0 Å². The topological polar surface area (TPSA) is 17.0 Å². The zero-order valence-corrected chi connectivity index (χ0v) is 11.6. The highest BCUT2D eigenvalue weighted by Crippen LogP contribution is 2.22. The molecule has 2 rings (SSSR count). The number of benzene rings is 1. The zero-order valence-electron chi connectivity index (χ0n) is 11.6. The number of hydrogen-bond acceptors (Lipinski definition) is 1. The van der Waals surface area contributed by atoms with Crippen molar-refractivity contribution in [1.82, 2.24) is 9.88 Å². The van der Waals surface area contributed by atoms with Gasteiger partial charge in [-0.2, -0.15) is 0 Å². The Kier molecular flexibility index (Phi) is 4.82. The SMILES string of the molecule is CCCCn1cc(CCCNC)c2ccccc21. The Morgan fingerprint density at radius 3 is 2.78 bits per heavy atom. The van der Waals surface area contributed by atoms with Gasteiger partial charge in [0, 0.05) is 23.6 Å². The largest absolute Gasteiger partial charge is 0.347 e. The van der Waals surface area contributed by atoms with E-state index in [0.29, 0.717) is 0 Å². The number of hydrogen-bond donors (Lipinski definition) is 1. The summed E-state index contributed by atoms with van der Waals surface area (Å²) in [4.78, 5) is 0. The monoisotopic (exact) mass is 244 g/mol. The van der Waals surface area contributed by atoms with Gasteiger partial charge >= 0.3 is 0 Å². The van der Waals surface area contributed by atoms with E-state index >= 15 is 0 Å². The van der Waals surface area contributed by atoms with Crippen LogP contribution in [0.1, 0.15) is 31.7 Å². The van der Waals surface area contributed by atoms with Gasteiger partial charge in [0.1, 0.15) is 0 Å². The number of aryl methyl sites for hydroxylation is 2. The number of aromatic nitrogens is 1. The average molecular weight is 244 g/mol. The van der Waals surface area contributed by atoms with Gasteiger partial charge in [0.15, 0.2) is 0 Å². The van der Waals surface area contributed by atoms with Gasteiger partial charge in [-0.15, -0.1) is 0 Å². The molecule has 18 heavy (non-hydrogen) atoms. The van der Waals surface area contributed by atoms with Crippen LogP contribution in [0.3, 0.4) is 0 Å². The van der Waals surface area contributed by atoms with Crippen LogP contribution in [0.15, 0.2) is 30.5 Å². The molecule has 0 unspecified atom stereocenters. The van der Waals surface area contributed by atoms with E-state index in [-0.39, 0.29) is 0 Å². The number of unbranched alkanes of at least 4 members (excludes halogenated alkanes) is 1. The van der Waals surface area contributed by atoms with Crippen LogP contribution in [0.25, 0.3) is 10.9 Å². The molecule has 2 aromatic rings. The summed E-state index contributed by atoms with van der Waals surface area (Å²) in [6.45, 7) is 4.48. The quantitative estimate of drug-likeness (QED) is 0.736. The van der Waals surface area contributed by atoms with Crippen LogP contribution in [-0.2, 0) is 13.0 Å². The highest BCUT2D eigenvalue weighted by molar-refractivity contribution is 5.83. The maximum Gasteiger partial charge on any atom is 0.0483 e. The number of nitrogens with zero attached hydrogens (tertiary/aromatic N) is 1. The predicted molar refractivity (Wildman–Crippen MR) is 79.1 cm³/mol. The van der Waals surface area contributed by atoms with Crippen LogP contribution in [0.2, 0.25) is 0 Å². The van der Waals surface area contributed by atoms with Gasteiger partial charge in [0.05, 0.1) is 0 Å². The van der Waals surface area contributed by atoms with Crippen LogP contribution in [0.4, 0.5) is 0 Å². The lowest BCUT2D eigenvalue weighted by Gasteiger charge is -2.02. The molecular weight excluding hydrogens is 220 g/mol. The van der Waals surface area contributed by atoms with Crippen molar-refractivity contribution in [1.29, 1.82) is 0 Å². The summed E-state index contributed by atoms with van der Waals surface area (Å²) in [6, 6.07) is 8.79. The minimum atomic E-state index is 1.09. The van der Waals surface area contributed by atoms with E-state index in [2.05, 4.69) is 47.3 Å². The van der Waals surface area contributed by atoms with Crippen LogP contribution in [-0.4, -0.2) is 18.2 Å². The third-order valence-electron chi connectivity index (χ3n) is 3.50. The lowest BCUT2D eigenvalue weighted by molar-refractivity contribution is 0.646. The smallest absolute Gasteiger partial charge is 0.0483 e. The fourth-order valence-corrected chi connectivity index (χ4v) is 2.49. The zero-order chi connectivity index (χ0) is 12.8. The molecule has 0 aliphatic heterocycles. The molecule has 0 saturated carbocycles. The van der Waals surface area contributed by atoms with Crippen molar-refractivity contribution >= 4 is 10.9 Å². The van der Waals surface area contributed by atoms with Gasteiger partial charge in [-0.3, -0.25) is 0 Å². The number of nitrogens with one attached hydrogen (secondary N) is 1. The average Bonchev–Trinajstić information content (AvgIpc) is 2.76. The van der Waals surface area contributed by atoms with E-state index in [4.69, 9.17) is 0 Å². The molecular formula is C16H24N2. The summed E-state index contributed by atoms with van der Waals surface area (Å²) in [5, 5.41) is 4.66. The third kappa shape index (κ3) is 2.94. The fourth-order valence-electron chi connectivity index (χ4n) is 2.49. The maximum atomic E-state index is 3.22. The molecule has 1 heterocycles. The molecule has 0 aliphatic rings. The second-order valence-corrected chi connectivity index (χ2v) is 4.93. The van der Waals surface area contributed by atoms with Gasteiger partial charge in [-0.05, 0) is 44.5 Å². The van der Waals surface area contributed by atoms with Crippen molar-refractivity contribution in [2.45, 2.75) is 39.2 Å². The van der Waals surface area contributed by atoms with E-state index in [0.717, 1.165) is 13.1 Å². The van der Waals surface area contributed by atoms with Gasteiger partial charge < -0.3 is 9.88 Å². The molecule has 2 nitrogen and oxygen atoms in total. The molecule has 1 aromatic heterocycles. The van der Waals surface area contributed by atoms with Gasteiger partial charge in [-0.1, -0.05) is 31.5 Å². The molecule has 0 amide bonds. The maximum absolute atomic E-state index is 3.22. The van der Waals surface area contributed by atoms with Crippen molar-refractivity contribution in [2.24, 2.45) is 0 Å². The molecule has 0 bridgehead atoms. The Hall–Kier alpha value is -1.28. The van der Waals surface area contributed by atoms with Crippen molar-refractivity contribution in [3.8, 4) is 0 Å². The third-order valence-corrected chi connectivity index (χ3v) is 3.50. The molecule has 1 aromatic carbocycles. The van der Waals surface area contributed by atoms with E-state index in [1.807, 2.05) is 7.05 Å². The summed E-state index contributed by atoms with van der Waals surface area (Å²) in [5.74, 6) is 0. The molecule has 98 valence electrons. The van der Waals surface area contributed by atoms with Crippen molar-refractivity contribution in [2.75, 3.05) is 13.6 Å². The summed E-state index contributed by atoms with van der Waals surface area (Å²) in [7, 11) is 2.02. The first-order chi connectivity index (χ1) is 8.86. The Balaban J connectivity index is 2.23. The standard InChI is InChI=1S/C16H24N2/c1-3-4-12-18-13-14(8-7-11-17-2)15-9-5-6-10-16(15)18/h5-6,9-10,13,17H,3-4,7-8,11-12H2,1-2H3. The molecule has 2 heteroatoms. The molecule has 0 fully saturated rings. The highest BCUT2D eigenvalue weighted by Gasteiger charge is 2.07. The van der Waals surface area contributed by atoms with E-state index in [9.17, 15) is 0 Å². The lowest BCUT2D eigenvalue weighted by atomic mass is 10.1. The highest BCUT2D eigenvalue weighted by atomic mass is 15.0. The molecule has 0 saturated heterocycles. The summed E-state index contributed by atoms with van der Waals surface area (Å²) in [6.07, 6.45) is 7.24. The van der Waals surface area contributed by atoms with Crippen LogP contribution < -0.4 is 5.32 Å². The minimum absolute atomic E-state index is 1.09. The molecule has 0 spiro atoms. The minimum Gasteiger partial charge on any atom is -0.347 e. The summed E-state index contributed by atoms with van der Waals surface area (Å²) < 4.78 is 2.42. The molecule has 0 aliphatic carbocycles. The van der Waals surface area contributed by atoms with Gasteiger partial charge in [0.25, 0.3) is 0 Å². The summed E-state index contributed by atoms with van der Waals surface area (Å²) >= 11 is 0.